The number of aromatic nitrogens is 1. The number of anilines is 3. The fourth-order valence-electron chi connectivity index (χ4n) is 8.51. The summed E-state index contributed by atoms with van der Waals surface area (Å²) in [6, 6.07) is 78.1. The first-order valence-electron chi connectivity index (χ1n) is 19.4. The average molecular weight is 729 g/mol. The van der Waals surface area contributed by atoms with E-state index in [4.69, 9.17) is 4.42 Å². The summed E-state index contributed by atoms with van der Waals surface area (Å²) in [5, 5.41) is 4.59. The van der Waals surface area contributed by atoms with E-state index in [-0.39, 0.29) is 0 Å². The number of fused-ring (bicyclic) bond motifs is 6. The Kier molecular flexibility index (Phi) is 7.82. The third kappa shape index (κ3) is 5.60. The molecule has 0 unspecified atom stereocenters. The van der Waals surface area contributed by atoms with Crippen molar-refractivity contribution in [2.24, 2.45) is 0 Å². The van der Waals surface area contributed by atoms with Crippen LogP contribution in [-0.2, 0) is 0 Å². The van der Waals surface area contributed by atoms with E-state index >= 15 is 0 Å². The molecule has 0 saturated heterocycles. The average Bonchev–Trinajstić information content (AvgIpc) is 3.83. The van der Waals surface area contributed by atoms with Crippen LogP contribution in [0.2, 0.25) is 0 Å². The minimum Gasteiger partial charge on any atom is -0.455 e. The number of hydrogen-bond acceptors (Lipinski definition) is 2. The molecule has 0 N–H and O–H groups in total. The van der Waals surface area contributed by atoms with E-state index in [0.717, 1.165) is 66.8 Å². The van der Waals surface area contributed by atoms with E-state index in [1.54, 1.807) is 0 Å². The zero-order valence-electron chi connectivity index (χ0n) is 31.1. The normalized spacial score (nSPS) is 11.5. The molecule has 0 spiro atoms. The van der Waals surface area contributed by atoms with Gasteiger partial charge in [0.2, 0.25) is 0 Å². The van der Waals surface area contributed by atoms with Gasteiger partial charge < -0.3 is 13.9 Å². The molecule has 2 aromatic heterocycles. The second-order valence-electron chi connectivity index (χ2n) is 14.5. The summed E-state index contributed by atoms with van der Waals surface area (Å²) in [6.45, 7) is 0. The van der Waals surface area contributed by atoms with Crippen molar-refractivity contribution >= 4 is 60.8 Å². The molecule has 57 heavy (non-hydrogen) atoms. The van der Waals surface area contributed by atoms with Gasteiger partial charge in [-0.2, -0.15) is 0 Å². The van der Waals surface area contributed by atoms with Crippen molar-refractivity contribution in [2.45, 2.75) is 0 Å². The third-order valence-electron chi connectivity index (χ3n) is 11.2. The van der Waals surface area contributed by atoms with Gasteiger partial charge in [0.15, 0.2) is 0 Å². The summed E-state index contributed by atoms with van der Waals surface area (Å²) >= 11 is 0. The molecular formula is C54H36N2O. The van der Waals surface area contributed by atoms with Crippen molar-refractivity contribution in [1.82, 2.24) is 4.57 Å². The van der Waals surface area contributed by atoms with Crippen molar-refractivity contribution in [3.8, 4) is 39.1 Å². The van der Waals surface area contributed by atoms with Crippen LogP contribution < -0.4 is 4.90 Å². The highest BCUT2D eigenvalue weighted by Crippen LogP contribution is 2.48. The number of para-hydroxylation sites is 4. The summed E-state index contributed by atoms with van der Waals surface area (Å²) in [5.74, 6) is 0. The summed E-state index contributed by atoms with van der Waals surface area (Å²) in [7, 11) is 0. The topological polar surface area (TPSA) is 21.3 Å². The highest BCUT2D eigenvalue weighted by Gasteiger charge is 2.24. The number of hydrogen-bond donors (Lipinski definition) is 0. The Balaban J connectivity index is 1.22. The Labute approximate surface area is 330 Å². The van der Waals surface area contributed by atoms with Gasteiger partial charge in [0.1, 0.15) is 11.2 Å². The summed E-state index contributed by atoms with van der Waals surface area (Å²) in [5.41, 5.74) is 15.2. The lowest BCUT2D eigenvalue weighted by molar-refractivity contribution is 0.670. The van der Waals surface area contributed by atoms with Crippen LogP contribution in [0.15, 0.2) is 223 Å². The second kappa shape index (κ2) is 13.6. The zero-order valence-corrected chi connectivity index (χ0v) is 31.1. The minimum atomic E-state index is 0.875. The molecule has 0 atom stereocenters. The summed E-state index contributed by atoms with van der Waals surface area (Å²) in [6.07, 6.45) is 0. The van der Waals surface area contributed by atoms with Gasteiger partial charge in [0, 0.05) is 49.7 Å². The van der Waals surface area contributed by atoms with Crippen molar-refractivity contribution in [3.63, 3.8) is 0 Å². The SMILES string of the molecule is c1ccc(-c2ccc(N(c3ccc(-c4ccccc4)cc3)c3cc4c5ccccc5n(-c5ccccc5)c4cc3-c3cccc4c3oc3ccccc34)cc2)cc1. The Morgan fingerprint density at radius 1 is 0.351 bits per heavy atom. The molecule has 2 heterocycles. The number of rotatable bonds is 7. The first-order chi connectivity index (χ1) is 28.3. The quantitative estimate of drug-likeness (QED) is 0.163. The van der Waals surface area contributed by atoms with Crippen LogP contribution in [0.1, 0.15) is 0 Å². The van der Waals surface area contributed by atoms with E-state index < -0.39 is 0 Å². The Hall–Kier alpha value is -7.62. The molecule has 0 aliphatic rings. The Bertz CT molecular complexity index is 3120. The van der Waals surface area contributed by atoms with Crippen LogP contribution in [-0.4, -0.2) is 4.57 Å². The highest BCUT2D eigenvalue weighted by molar-refractivity contribution is 6.16. The molecule has 268 valence electrons. The van der Waals surface area contributed by atoms with Crippen LogP contribution in [0.4, 0.5) is 17.1 Å². The molecule has 0 aliphatic heterocycles. The number of nitrogens with zero attached hydrogens (tertiary/aromatic N) is 2. The highest BCUT2D eigenvalue weighted by atomic mass is 16.3. The van der Waals surface area contributed by atoms with E-state index in [2.05, 4.69) is 222 Å². The Morgan fingerprint density at radius 2 is 0.877 bits per heavy atom. The minimum absolute atomic E-state index is 0.875. The van der Waals surface area contributed by atoms with Gasteiger partial charge in [-0.25, -0.2) is 0 Å². The first-order valence-corrected chi connectivity index (χ1v) is 19.4. The van der Waals surface area contributed by atoms with Crippen molar-refractivity contribution in [1.29, 1.82) is 0 Å². The Morgan fingerprint density at radius 3 is 1.53 bits per heavy atom. The zero-order chi connectivity index (χ0) is 37.7. The van der Waals surface area contributed by atoms with E-state index in [1.807, 2.05) is 6.07 Å². The van der Waals surface area contributed by atoms with Gasteiger partial charge >= 0.3 is 0 Å². The molecular weight excluding hydrogens is 693 g/mol. The number of benzene rings is 9. The maximum Gasteiger partial charge on any atom is 0.143 e. The maximum absolute atomic E-state index is 6.77. The van der Waals surface area contributed by atoms with Crippen molar-refractivity contribution in [2.75, 3.05) is 4.90 Å². The first kappa shape index (κ1) is 32.8. The van der Waals surface area contributed by atoms with Crippen LogP contribution in [0.25, 0.3) is 82.8 Å². The maximum atomic E-state index is 6.77. The van der Waals surface area contributed by atoms with Gasteiger partial charge in [-0.1, -0.05) is 158 Å². The molecule has 0 saturated carbocycles. The van der Waals surface area contributed by atoms with Gasteiger partial charge in [0.05, 0.1) is 16.7 Å². The van der Waals surface area contributed by atoms with Gasteiger partial charge in [0.25, 0.3) is 0 Å². The largest absolute Gasteiger partial charge is 0.455 e. The van der Waals surface area contributed by atoms with Gasteiger partial charge in [-0.05, 0) is 82.9 Å². The van der Waals surface area contributed by atoms with E-state index in [1.165, 1.54) is 33.0 Å². The second-order valence-corrected chi connectivity index (χ2v) is 14.5. The predicted molar refractivity (Wildman–Crippen MR) is 239 cm³/mol. The van der Waals surface area contributed by atoms with Crippen molar-refractivity contribution in [3.05, 3.63) is 218 Å². The molecule has 3 heteroatoms. The molecule has 11 aromatic rings. The summed E-state index contributed by atoms with van der Waals surface area (Å²) in [4.78, 5) is 2.41. The van der Waals surface area contributed by atoms with Crippen LogP contribution in [0.5, 0.6) is 0 Å². The lowest BCUT2D eigenvalue weighted by Gasteiger charge is -2.29. The third-order valence-corrected chi connectivity index (χ3v) is 11.2. The molecule has 0 amide bonds. The predicted octanol–water partition coefficient (Wildman–Crippen LogP) is 15.2. The van der Waals surface area contributed by atoms with Crippen LogP contribution >= 0.6 is 0 Å². The van der Waals surface area contributed by atoms with E-state index in [0.29, 0.717) is 0 Å². The monoisotopic (exact) mass is 728 g/mol. The molecule has 0 fully saturated rings. The van der Waals surface area contributed by atoms with Gasteiger partial charge in [-0.3, -0.25) is 0 Å². The molecule has 0 radical (unpaired) electrons. The van der Waals surface area contributed by atoms with Crippen LogP contribution in [0, 0.1) is 0 Å². The van der Waals surface area contributed by atoms with Crippen LogP contribution in [0.3, 0.4) is 0 Å². The van der Waals surface area contributed by atoms with E-state index in [9.17, 15) is 0 Å². The molecule has 0 aliphatic carbocycles. The summed E-state index contributed by atoms with van der Waals surface area (Å²) < 4.78 is 9.17. The standard InChI is InChI=1S/C54H36N2O/c1-4-15-37(16-5-1)39-27-31-42(32-28-39)55(43-33-29-40(30-34-43)38-17-6-2-7-18-38)51-35-48-44-21-10-12-25-50(44)56(41-19-8-3-9-20-41)52(48)36-49(51)47-24-14-23-46-45-22-11-13-26-53(45)57-54(46)47/h1-36H. The molecule has 0 bridgehead atoms. The van der Waals surface area contributed by atoms with Gasteiger partial charge in [-0.15, -0.1) is 0 Å². The smallest absolute Gasteiger partial charge is 0.143 e. The fourth-order valence-corrected chi connectivity index (χ4v) is 8.51. The fraction of sp³-hybridized carbons (Fsp3) is 0. The lowest BCUT2D eigenvalue weighted by Crippen LogP contribution is -2.11. The van der Waals surface area contributed by atoms with Crippen molar-refractivity contribution < 1.29 is 4.42 Å². The number of furan rings is 1. The molecule has 11 rings (SSSR count). The lowest BCUT2D eigenvalue weighted by atomic mass is 9.96. The molecule has 9 aromatic carbocycles. The molecule has 3 nitrogen and oxygen atoms in total.